The van der Waals surface area contributed by atoms with Gasteiger partial charge in [-0.25, -0.2) is 0 Å². The van der Waals surface area contributed by atoms with Crippen molar-refractivity contribution in [2.75, 3.05) is 0 Å². The van der Waals surface area contributed by atoms with Gasteiger partial charge in [0.05, 0.1) is 11.0 Å². The zero-order valence-corrected chi connectivity index (χ0v) is 27.8. The minimum absolute atomic E-state index is 1.17. The van der Waals surface area contributed by atoms with Gasteiger partial charge in [0.25, 0.3) is 0 Å². The van der Waals surface area contributed by atoms with Crippen molar-refractivity contribution in [1.82, 2.24) is 4.57 Å². The van der Waals surface area contributed by atoms with Gasteiger partial charge in [-0.3, -0.25) is 0 Å². The fourth-order valence-corrected chi connectivity index (χ4v) is 8.06. The zero-order valence-electron chi connectivity index (χ0n) is 27.8. The molecule has 10 rings (SSSR count). The first-order chi connectivity index (χ1) is 24.7. The molecule has 50 heavy (non-hydrogen) atoms. The highest BCUT2D eigenvalue weighted by molar-refractivity contribution is 6.25. The summed E-state index contributed by atoms with van der Waals surface area (Å²) < 4.78 is 2.40. The van der Waals surface area contributed by atoms with Crippen LogP contribution in [0, 0.1) is 6.92 Å². The van der Waals surface area contributed by atoms with Crippen LogP contribution in [0.5, 0.6) is 0 Å². The summed E-state index contributed by atoms with van der Waals surface area (Å²) in [5.74, 6) is 0. The first-order valence-electron chi connectivity index (χ1n) is 17.3. The third-order valence-corrected chi connectivity index (χ3v) is 10.5. The van der Waals surface area contributed by atoms with Gasteiger partial charge in [-0.05, 0) is 127 Å². The lowest BCUT2D eigenvalue weighted by Gasteiger charge is -2.14. The Morgan fingerprint density at radius 3 is 1.36 bits per heavy atom. The molecule has 1 heterocycles. The number of rotatable bonds is 4. The Morgan fingerprint density at radius 2 is 0.740 bits per heavy atom. The summed E-state index contributed by atoms with van der Waals surface area (Å²) >= 11 is 0. The van der Waals surface area contributed by atoms with Crippen molar-refractivity contribution in [1.29, 1.82) is 0 Å². The molecule has 10 aromatic rings. The van der Waals surface area contributed by atoms with Crippen LogP contribution in [-0.4, -0.2) is 4.57 Å². The summed E-state index contributed by atoms with van der Waals surface area (Å²) in [5.41, 5.74) is 12.3. The van der Waals surface area contributed by atoms with E-state index in [1.165, 1.54) is 98.8 Å². The van der Waals surface area contributed by atoms with Gasteiger partial charge in [0.15, 0.2) is 0 Å². The predicted molar refractivity (Wildman–Crippen MR) is 214 cm³/mol. The maximum absolute atomic E-state index is 2.40. The fraction of sp³-hybridized carbons (Fsp3) is 0.0204. The molecule has 1 nitrogen and oxygen atoms in total. The van der Waals surface area contributed by atoms with E-state index in [1.54, 1.807) is 0 Å². The van der Waals surface area contributed by atoms with Crippen LogP contribution < -0.4 is 0 Å². The lowest BCUT2D eigenvalue weighted by Crippen LogP contribution is -1.93. The number of aryl methyl sites for hydroxylation is 1. The van der Waals surface area contributed by atoms with Gasteiger partial charge in [0, 0.05) is 16.5 Å². The zero-order chi connectivity index (χ0) is 33.2. The highest BCUT2D eigenvalue weighted by Gasteiger charge is 2.16. The summed E-state index contributed by atoms with van der Waals surface area (Å²) in [5, 5.41) is 10.3. The Labute approximate surface area is 291 Å². The first kappa shape index (κ1) is 28.6. The minimum atomic E-state index is 1.17. The Bertz CT molecular complexity index is 2880. The summed E-state index contributed by atoms with van der Waals surface area (Å²) in [4.78, 5) is 0. The number of fused-ring (bicyclic) bond motifs is 9. The quantitative estimate of drug-likeness (QED) is 0.170. The molecule has 0 N–H and O–H groups in total. The van der Waals surface area contributed by atoms with E-state index in [9.17, 15) is 0 Å². The highest BCUT2D eigenvalue weighted by Crippen LogP contribution is 2.40. The van der Waals surface area contributed by atoms with E-state index in [2.05, 4.69) is 193 Å². The van der Waals surface area contributed by atoms with E-state index in [1.807, 2.05) is 0 Å². The van der Waals surface area contributed by atoms with Gasteiger partial charge < -0.3 is 4.57 Å². The van der Waals surface area contributed by atoms with Crippen LogP contribution in [0.25, 0.3) is 93.2 Å². The summed E-state index contributed by atoms with van der Waals surface area (Å²) in [6.07, 6.45) is 0. The number of para-hydroxylation sites is 1. The summed E-state index contributed by atoms with van der Waals surface area (Å²) in [7, 11) is 0. The molecule has 0 atom stereocenters. The van der Waals surface area contributed by atoms with Crippen molar-refractivity contribution in [3.8, 4) is 39.1 Å². The molecule has 1 heteroatoms. The molecule has 234 valence electrons. The van der Waals surface area contributed by atoms with Crippen molar-refractivity contribution >= 4 is 54.1 Å². The van der Waals surface area contributed by atoms with E-state index < -0.39 is 0 Å². The second kappa shape index (κ2) is 11.3. The average Bonchev–Trinajstić information content (AvgIpc) is 3.52. The largest absolute Gasteiger partial charge is 0.309 e. The van der Waals surface area contributed by atoms with Gasteiger partial charge >= 0.3 is 0 Å². The predicted octanol–water partition coefficient (Wildman–Crippen LogP) is 13.6. The van der Waals surface area contributed by atoms with E-state index >= 15 is 0 Å². The number of hydrogen-bond acceptors (Lipinski definition) is 0. The Kier molecular flexibility index (Phi) is 6.47. The summed E-state index contributed by atoms with van der Waals surface area (Å²) in [6.45, 7) is 2.23. The van der Waals surface area contributed by atoms with Gasteiger partial charge in [0.2, 0.25) is 0 Å². The van der Waals surface area contributed by atoms with Gasteiger partial charge in [-0.1, -0.05) is 133 Å². The van der Waals surface area contributed by atoms with Crippen LogP contribution in [0.4, 0.5) is 0 Å². The Hall–Kier alpha value is -6.44. The molecule has 0 aliphatic rings. The highest BCUT2D eigenvalue weighted by atomic mass is 15.0. The minimum Gasteiger partial charge on any atom is -0.309 e. The van der Waals surface area contributed by atoms with E-state index in [-0.39, 0.29) is 0 Å². The lowest BCUT2D eigenvalue weighted by molar-refractivity contribution is 1.18. The second-order valence-electron chi connectivity index (χ2n) is 13.4. The van der Waals surface area contributed by atoms with Crippen molar-refractivity contribution in [2.24, 2.45) is 0 Å². The molecule has 0 aliphatic carbocycles. The molecule has 0 fully saturated rings. The van der Waals surface area contributed by atoms with Crippen LogP contribution in [0.15, 0.2) is 182 Å². The number of nitrogens with zero attached hydrogens (tertiary/aromatic N) is 1. The maximum atomic E-state index is 2.40. The average molecular weight is 636 g/mol. The normalized spacial score (nSPS) is 11.7. The van der Waals surface area contributed by atoms with Gasteiger partial charge in [-0.15, -0.1) is 0 Å². The molecular weight excluding hydrogens is 603 g/mol. The maximum Gasteiger partial charge on any atom is 0.0541 e. The molecule has 0 bridgehead atoms. The van der Waals surface area contributed by atoms with Crippen LogP contribution in [-0.2, 0) is 0 Å². The third-order valence-electron chi connectivity index (χ3n) is 10.5. The van der Waals surface area contributed by atoms with Gasteiger partial charge in [-0.2, -0.15) is 0 Å². The smallest absolute Gasteiger partial charge is 0.0541 e. The molecule has 0 saturated carbocycles. The second-order valence-corrected chi connectivity index (χ2v) is 13.4. The lowest BCUT2D eigenvalue weighted by atomic mass is 9.90. The Balaban J connectivity index is 1.16. The first-order valence-corrected chi connectivity index (χ1v) is 17.3. The molecule has 0 unspecified atom stereocenters. The number of hydrogen-bond donors (Lipinski definition) is 0. The molecule has 0 spiro atoms. The van der Waals surface area contributed by atoms with Gasteiger partial charge in [0.1, 0.15) is 0 Å². The van der Waals surface area contributed by atoms with Crippen LogP contribution in [0.3, 0.4) is 0 Å². The fourth-order valence-electron chi connectivity index (χ4n) is 8.06. The third kappa shape index (κ3) is 4.48. The molecule has 9 aromatic carbocycles. The van der Waals surface area contributed by atoms with Crippen LogP contribution >= 0.6 is 0 Å². The molecule has 0 saturated heterocycles. The van der Waals surface area contributed by atoms with E-state index in [0.717, 1.165) is 0 Å². The summed E-state index contributed by atoms with van der Waals surface area (Å²) in [6, 6.07) is 66.8. The van der Waals surface area contributed by atoms with Crippen molar-refractivity contribution in [3.05, 3.63) is 188 Å². The van der Waals surface area contributed by atoms with Crippen LogP contribution in [0.1, 0.15) is 5.56 Å². The monoisotopic (exact) mass is 635 g/mol. The van der Waals surface area contributed by atoms with Crippen LogP contribution in [0.2, 0.25) is 0 Å². The SMILES string of the molecule is Cc1ccc(-c2ccc3c(c2)c2cc(-c4ccccc4)ccc2n3-c2ccccc2)cc1-c1ccc2c3ccccc3c3ccccc3c2c1. The topological polar surface area (TPSA) is 4.93 Å². The van der Waals surface area contributed by atoms with Crippen molar-refractivity contribution < 1.29 is 0 Å². The standard InChI is InChI=1S/C49H33N/c1-32-20-21-35(28-44(32)37-22-25-43-41-18-9-8-16-39(41)40-17-10-11-19-42(40)45(43)31-37)36-24-27-49-47(30-36)46-29-34(33-12-4-2-5-13-33)23-26-48(46)50(49)38-14-6-3-7-15-38/h2-31H,1H3. The van der Waals surface area contributed by atoms with Crippen molar-refractivity contribution in [2.45, 2.75) is 6.92 Å². The molecular formula is C49H33N. The molecule has 1 aromatic heterocycles. The molecule has 0 aliphatic heterocycles. The van der Waals surface area contributed by atoms with Crippen molar-refractivity contribution in [3.63, 3.8) is 0 Å². The number of benzene rings is 9. The number of aromatic nitrogens is 1. The van der Waals surface area contributed by atoms with E-state index in [4.69, 9.17) is 0 Å². The van der Waals surface area contributed by atoms with E-state index in [0.29, 0.717) is 0 Å². The molecule has 0 amide bonds. The molecule has 0 radical (unpaired) electrons. The Morgan fingerprint density at radius 1 is 0.300 bits per heavy atom.